The SMILES string of the molecule is CC.COc1ccc(/C=C/c2cc3ccccc3[nH]2)cc1. The summed E-state index contributed by atoms with van der Waals surface area (Å²) in [6.07, 6.45) is 4.17. The van der Waals surface area contributed by atoms with Gasteiger partial charge < -0.3 is 9.72 Å². The third kappa shape index (κ3) is 3.76. The van der Waals surface area contributed by atoms with Crippen LogP contribution in [0.1, 0.15) is 25.1 Å². The predicted molar refractivity (Wildman–Crippen MR) is 91.6 cm³/mol. The van der Waals surface area contributed by atoms with Crippen molar-refractivity contribution in [1.29, 1.82) is 0 Å². The number of rotatable bonds is 3. The second-order valence-corrected chi connectivity index (χ2v) is 4.42. The Bertz CT molecular complexity index is 675. The van der Waals surface area contributed by atoms with Crippen LogP contribution in [0.15, 0.2) is 54.6 Å². The number of para-hydroxylation sites is 1. The van der Waals surface area contributed by atoms with Crippen LogP contribution < -0.4 is 4.74 Å². The Hall–Kier alpha value is -2.48. The first-order chi connectivity index (χ1) is 10.3. The van der Waals surface area contributed by atoms with Crippen LogP contribution in [0.25, 0.3) is 23.1 Å². The van der Waals surface area contributed by atoms with E-state index in [0.717, 1.165) is 22.5 Å². The number of hydrogen-bond donors (Lipinski definition) is 1. The van der Waals surface area contributed by atoms with Crippen molar-refractivity contribution in [3.05, 3.63) is 65.9 Å². The fraction of sp³-hybridized carbons (Fsp3) is 0.158. The number of aromatic nitrogens is 1. The van der Waals surface area contributed by atoms with Gasteiger partial charge in [0.2, 0.25) is 0 Å². The summed E-state index contributed by atoms with van der Waals surface area (Å²) in [5.74, 6) is 0.878. The molecule has 21 heavy (non-hydrogen) atoms. The molecule has 0 aliphatic carbocycles. The van der Waals surface area contributed by atoms with Crippen molar-refractivity contribution in [1.82, 2.24) is 4.98 Å². The van der Waals surface area contributed by atoms with E-state index in [1.165, 1.54) is 5.39 Å². The normalized spacial score (nSPS) is 10.4. The van der Waals surface area contributed by atoms with Gasteiger partial charge in [-0.1, -0.05) is 50.3 Å². The maximum Gasteiger partial charge on any atom is 0.118 e. The Morgan fingerprint density at radius 3 is 2.29 bits per heavy atom. The Morgan fingerprint density at radius 2 is 1.62 bits per heavy atom. The van der Waals surface area contributed by atoms with Crippen LogP contribution >= 0.6 is 0 Å². The molecule has 0 atom stereocenters. The Morgan fingerprint density at radius 1 is 0.905 bits per heavy atom. The van der Waals surface area contributed by atoms with Crippen LogP contribution in [0.5, 0.6) is 5.75 Å². The lowest BCUT2D eigenvalue weighted by Crippen LogP contribution is -1.81. The summed E-state index contributed by atoms with van der Waals surface area (Å²) in [6.45, 7) is 4.00. The lowest BCUT2D eigenvalue weighted by atomic mass is 10.2. The minimum Gasteiger partial charge on any atom is -0.497 e. The Labute approximate surface area is 126 Å². The first-order valence-corrected chi connectivity index (χ1v) is 7.25. The van der Waals surface area contributed by atoms with Crippen LogP contribution in [0.3, 0.4) is 0 Å². The molecule has 0 aliphatic rings. The van der Waals surface area contributed by atoms with E-state index in [2.05, 4.69) is 35.3 Å². The van der Waals surface area contributed by atoms with Crippen LogP contribution in [0.2, 0.25) is 0 Å². The number of hydrogen-bond acceptors (Lipinski definition) is 1. The zero-order valence-electron chi connectivity index (χ0n) is 12.8. The monoisotopic (exact) mass is 279 g/mol. The van der Waals surface area contributed by atoms with Crippen molar-refractivity contribution in [3.63, 3.8) is 0 Å². The molecule has 0 bridgehead atoms. The molecule has 0 saturated heterocycles. The van der Waals surface area contributed by atoms with Gasteiger partial charge in [0.15, 0.2) is 0 Å². The molecule has 0 radical (unpaired) electrons. The molecule has 3 rings (SSSR count). The highest BCUT2D eigenvalue weighted by molar-refractivity contribution is 5.84. The summed E-state index contributed by atoms with van der Waals surface area (Å²) < 4.78 is 5.14. The van der Waals surface area contributed by atoms with Gasteiger partial charge in [-0.05, 0) is 41.3 Å². The molecular formula is C19H21NO. The zero-order chi connectivity index (χ0) is 15.1. The van der Waals surface area contributed by atoms with Gasteiger partial charge >= 0.3 is 0 Å². The van der Waals surface area contributed by atoms with Crippen LogP contribution in [-0.4, -0.2) is 12.1 Å². The highest BCUT2D eigenvalue weighted by atomic mass is 16.5. The maximum absolute atomic E-state index is 5.14. The number of aromatic amines is 1. The summed E-state index contributed by atoms with van der Waals surface area (Å²) in [5, 5.41) is 1.23. The van der Waals surface area contributed by atoms with Gasteiger partial charge in [-0.15, -0.1) is 0 Å². The van der Waals surface area contributed by atoms with E-state index in [0.29, 0.717) is 0 Å². The standard InChI is InChI=1S/C17H15NO.C2H6/c1-19-16-10-7-13(8-11-16)6-9-15-12-14-4-2-3-5-17(14)18-15;1-2/h2-12,18H,1H3;1-2H3/b9-6+;. The number of nitrogens with one attached hydrogen (secondary N) is 1. The minimum atomic E-state index is 0.878. The number of methoxy groups -OCH3 is 1. The smallest absolute Gasteiger partial charge is 0.118 e. The molecule has 3 aromatic rings. The van der Waals surface area contributed by atoms with Gasteiger partial charge in [0.05, 0.1) is 7.11 Å². The quantitative estimate of drug-likeness (QED) is 0.684. The van der Waals surface area contributed by atoms with E-state index in [4.69, 9.17) is 4.74 Å². The summed E-state index contributed by atoms with van der Waals surface area (Å²) in [5.41, 5.74) is 3.42. The fourth-order valence-electron chi connectivity index (χ4n) is 2.09. The number of fused-ring (bicyclic) bond motifs is 1. The van der Waals surface area contributed by atoms with E-state index in [-0.39, 0.29) is 0 Å². The Kier molecular flexibility index (Phi) is 5.22. The van der Waals surface area contributed by atoms with Crippen molar-refractivity contribution < 1.29 is 4.74 Å². The zero-order valence-corrected chi connectivity index (χ0v) is 12.8. The second kappa shape index (κ2) is 7.34. The van der Waals surface area contributed by atoms with Gasteiger partial charge in [0.1, 0.15) is 5.75 Å². The highest BCUT2D eigenvalue weighted by Gasteiger charge is 1.96. The third-order valence-electron chi connectivity index (χ3n) is 3.12. The largest absolute Gasteiger partial charge is 0.497 e. The van der Waals surface area contributed by atoms with Crippen LogP contribution in [0, 0.1) is 0 Å². The molecule has 2 nitrogen and oxygen atoms in total. The van der Waals surface area contributed by atoms with Crippen molar-refractivity contribution in [2.75, 3.05) is 7.11 Å². The molecular weight excluding hydrogens is 258 g/mol. The van der Waals surface area contributed by atoms with E-state index in [9.17, 15) is 0 Å². The van der Waals surface area contributed by atoms with Gasteiger partial charge in [-0.2, -0.15) is 0 Å². The van der Waals surface area contributed by atoms with Gasteiger partial charge in [0.25, 0.3) is 0 Å². The average Bonchev–Trinajstić information content (AvgIpc) is 2.98. The number of H-pyrrole nitrogens is 1. The molecule has 2 heteroatoms. The maximum atomic E-state index is 5.14. The molecule has 0 unspecified atom stereocenters. The summed E-state index contributed by atoms with van der Waals surface area (Å²) >= 11 is 0. The molecule has 0 saturated carbocycles. The van der Waals surface area contributed by atoms with E-state index in [1.807, 2.05) is 50.2 Å². The first-order valence-electron chi connectivity index (χ1n) is 7.25. The molecule has 108 valence electrons. The van der Waals surface area contributed by atoms with Crippen LogP contribution in [-0.2, 0) is 0 Å². The minimum absolute atomic E-state index is 0.878. The topological polar surface area (TPSA) is 25.0 Å². The van der Waals surface area contributed by atoms with Crippen LogP contribution in [0.4, 0.5) is 0 Å². The average molecular weight is 279 g/mol. The lowest BCUT2D eigenvalue weighted by molar-refractivity contribution is 0.415. The molecule has 0 amide bonds. The van der Waals surface area contributed by atoms with Crippen molar-refractivity contribution in [3.8, 4) is 5.75 Å². The third-order valence-corrected chi connectivity index (χ3v) is 3.12. The second-order valence-electron chi connectivity index (χ2n) is 4.42. The molecule has 0 spiro atoms. The number of benzene rings is 2. The van der Waals surface area contributed by atoms with E-state index >= 15 is 0 Å². The lowest BCUT2D eigenvalue weighted by Gasteiger charge is -1.98. The van der Waals surface area contributed by atoms with Crippen molar-refractivity contribution >= 4 is 23.1 Å². The van der Waals surface area contributed by atoms with E-state index < -0.39 is 0 Å². The van der Waals surface area contributed by atoms with E-state index in [1.54, 1.807) is 7.11 Å². The fourth-order valence-corrected chi connectivity index (χ4v) is 2.09. The van der Waals surface area contributed by atoms with Gasteiger partial charge in [0, 0.05) is 11.2 Å². The Balaban J connectivity index is 0.000000774. The first kappa shape index (κ1) is 14.9. The molecule has 1 heterocycles. The molecule has 2 aromatic carbocycles. The number of ether oxygens (including phenoxy) is 1. The van der Waals surface area contributed by atoms with Gasteiger partial charge in [-0.3, -0.25) is 0 Å². The molecule has 0 fully saturated rings. The predicted octanol–water partition coefficient (Wildman–Crippen LogP) is 5.37. The molecule has 1 N–H and O–H groups in total. The molecule has 1 aromatic heterocycles. The van der Waals surface area contributed by atoms with Gasteiger partial charge in [-0.25, -0.2) is 0 Å². The summed E-state index contributed by atoms with van der Waals surface area (Å²) in [7, 11) is 1.68. The molecule has 0 aliphatic heterocycles. The summed E-state index contributed by atoms with van der Waals surface area (Å²) in [6, 6.07) is 18.4. The summed E-state index contributed by atoms with van der Waals surface area (Å²) in [4.78, 5) is 3.38. The van der Waals surface area contributed by atoms with Crippen molar-refractivity contribution in [2.45, 2.75) is 13.8 Å². The van der Waals surface area contributed by atoms with Crippen molar-refractivity contribution in [2.24, 2.45) is 0 Å². The highest BCUT2D eigenvalue weighted by Crippen LogP contribution is 2.17.